The third-order valence-electron chi connectivity index (χ3n) is 5.45. The van der Waals surface area contributed by atoms with E-state index in [1.165, 1.54) is 12.1 Å². The van der Waals surface area contributed by atoms with Crippen LogP contribution in [-0.4, -0.2) is 76.3 Å². The third-order valence-corrected chi connectivity index (χ3v) is 5.82. The van der Waals surface area contributed by atoms with E-state index in [0.717, 1.165) is 0 Å². The molecule has 0 aliphatic rings. The second kappa shape index (κ2) is 16.3. The van der Waals surface area contributed by atoms with Crippen molar-refractivity contribution in [2.24, 2.45) is 28.1 Å². The number of carbonyl (C=O) groups excluding carboxylic acids is 3. The summed E-state index contributed by atoms with van der Waals surface area (Å²) in [4.78, 5) is 54.0. The van der Waals surface area contributed by atoms with Gasteiger partial charge in [0.2, 0.25) is 17.7 Å². The lowest BCUT2D eigenvalue weighted by atomic mass is 10.0. The van der Waals surface area contributed by atoms with E-state index >= 15 is 0 Å². The molecule has 0 bridgehead atoms. The van der Waals surface area contributed by atoms with Crippen molar-refractivity contribution < 1.29 is 29.4 Å². The van der Waals surface area contributed by atoms with E-state index in [1.54, 1.807) is 12.1 Å². The van der Waals surface area contributed by atoms with Crippen LogP contribution in [-0.2, 0) is 25.6 Å². The van der Waals surface area contributed by atoms with Crippen LogP contribution in [0.3, 0.4) is 0 Å². The minimum absolute atomic E-state index is 0.0223. The molecule has 0 saturated carbocycles. The molecule has 0 aliphatic carbocycles. The second-order valence-corrected chi connectivity index (χ2v) is 9.62. The molecule has 0 fully saturated rings. The Kier molecular flexibility index (Phi) is 14.0. The van der Waals surface area contributed by atoms with Crippen LogP contribution in [0.5, 0.6) is 5.75 Å². The first kappa shape index (κ1) is 32.5. The Hall–Kier alpha value is -3.52. The normalized spacial score (nSPS) is 14.0. The van der Waals surface area contributed by atoms with Crippen molar-refractivity contribution in [2.45, 2.75) is 63.7 Å². The first-order valence-electron chi connectivity index (χ1n) is 12.2. The fraction of sp³-hybridized carbons (Fsp3) is 0.542. The Balaban J connectivity index is 2.82. The Labute approximate surface area is 227 Å². The molecule has 212 valence electrons. The molecule has 4 unspecified atom stereocenters. The zero-order valence-corrected chi connectivity index (χ0v) is 22.5. The molecule has 4 atom stereocenters. The number of carboxylic acid groups (broad SMARTS) is 1. The lowest BCUT2D eigenvalue weighted by Crippen LogP contribution is -2.58. The van der Waals surface area contributed by atoms with Gasteiger partial charge in [-0.3, -0.25) is 19.4 Å². The zero-order valence-electron chi connectivity index (χ0n) is 21.6. The van der Waals surface area contributed by atoms with E-state index in [2.05, 4.69) is 33.6 Å². The molecular weight excluding hydrogens is 514 g/mol. The highest BCUT2D eigenvalue weighted by atomic mass is 32.1. The topological polar surface area (TPSA) is 235 Å². The van der Waals surface area contributed by atoms with Gasteiger partial charge in [0.05, 0.1) is 6.04 Å². The fourth-order valence-electron chi connectivity index (χ4n) is 3.44. The number of nitrogens with two attached hydrogens (primary N) is 3. The lowest BCUT2D eigenvalue weighted by Gasteiger charge is -2.25. The van der Waals surface area contributed by atoms with Crippen molar-refractivity contribution in [3.63, 3.8) is 0 Å². The highest BCUT2D eigenvalue weighted by molar-refractivity contribution is 7.80. The number of hydrogen-bond donors (Lipinski definition) is 9. The first-order chi connectivity index (χ1) is 17.8. The van der Waals surface area contributed by atoms with Crippen molar-refractivity contribution in [2.75, 3.05) is 12.3 Å². The standard InChI is InChI=1S/C24H39N7O6S/c1-13(2)10-17(29-20(33)16(25)4-3-9-28-24(26)27)21(34)31-19(12-38)22(35)30-18(23(36)37)11-14-5-7-15(32)8-6-14/h5-8,13,16-19,32,38H,3-4,9-12,25H2,1-2H3,(H,29,33)(H,30,35)(H,31,34)(H,36,37)(H4,26,27,28). The number of benzene rings is 1. The lowest BCUT2D eigenvalue weighted by molar-refractivity contribution is -0.142. The Morgan fingerprint density at radius 1 is 0.947 bits per heavy atom. The molecule has 0 radical (unpaired) electrons. The quantitative estimate of drug-likeness (QED) is 0.0518. The molecule has 3 amide bonds. The molecule has 13 nitrogen and oxygen atoms in total. The third kappa shape index (κ3) is 12.1. The molecule has 38 heavy (non-hydrogen) atoms. The van der Waals surface area contributed by atoms with Crippen molar-refractivity contribution in [1.82, 2.24) is 16.0 Å². The summed E-state index contributed by atoms with van der Waals surface area (Å²) in [7, 11) is 0. The van der Waals surface area contributed by atoms with E-state index in [0.29, 0.717) is 18.5 Å². The molecular formula is C24H39N7O6S. The average molecular weight is 554 g/mol. The number of thiol groups is 1. The maximum absolute atomic E-state index is 13.0. The maximum Gasteiger partial charge on any atom is 0.326 e. The maximum atomic E-state index is 13.0. The summed E-state index contributed by atoms with van der Waals surface area (Å²) in [5.41, 5.74) is 17.1. The smallest absolute Gasteiger partial charge is 0.326 e. The largest absolute Gasteiger partial charge is 0.508 e. The van der Waals surface area contributed by atoms with Crippen LogP contribution in [0.4, 0.5) is 0 Å². The van der Waals surface area contributed by atoms with Crippen LogP contribution in [0.25, 0.3) is 0 Å². The fourth-order valence-corrected chi connectivity index (χ4v) is 3.70. The van der Waals surface area contributed by atoms with E-state index in [-0.39, 0.29) is 42.6 Å². The van der Waals surface area contributed by atoms with Gasteiger partial charge in [0.15, 0.2) is 5.96 Å². The molecule has 1 aromatic rings. The summed E-state index contributed by atoms with van der Waals surface area (Å²) in [6.45, 7) is 4.04. The SMILES string of the molecule is CC(C)CC(NC(=O)C(N)CCCN=C(N)N)C(=O)NC(CS)C(=O)NC(Cc1ccc(O)cc1)C(=O)O. The molecule has 1 rings (SSSR count). The first-order valence-corrected chi connectivity index (χ1v) is 12.8. The second-order valence-electron chi connectivity index (χ2n) is 9.26. The molecule has 14 heteroatoms. The van der Waals surface area contributed by atoms with Crippen molar-refractivity contribution in [3.05, 3.63) is 29.8 Å². The Bertz CT molecular complexity index is 970. The number of aliphatic imine (C=N–C) groups is 1. The van der Waals surface area contributed by atoms with E-state index in [4.69, 9.17) is 17.2 Å². The Morgan fingerprint density at radius 3 is 2.03 bits per heavy atom. The summed E-state index contributed by atoms with van der Waals surface area (Å²) in [6, 6.07) is 1.58. The number of rotatable bonds is 16. The summed E-state index contributed by atoms with van der Waals surface area (Å²) >= 11 is 4.13. The van der Waals surface area contributed by atoms with E-state index in [1.807, 2.05) is 13.8 Å². The molecule has 0 aromatic heterocycles. The number of phenolic OH excluding ortho intramolecular Hbond substituents is 1. The van der Waals surface area contributed by atoms with Gasteiger partial charge < -0.3 is 43.4 Å². The molecule has 11 N–H and O–H groups in total. The van der Waals surface area contributed by atoms with Crippen molar-refractivity contribution in [3.8, 4) is 5.75 Å². The average Bonchev–Trinajstić information content (AvgIpc) is 2.84. The van der Waals surface area contributed by atoms with Gasteiger partial charge in [0, 0.05) is 18.7 Å². The number of nitrogens with zero attached hydrogens (tertiary/aromatic N) is 1. The zero-order chi connectivity index (χ0) is 28.8. The molecule has 0 heterocycles. The number of amides is 3. The Morgan fingerprint density at radius 2 is 1.50 bits per heavy atom. The monoisotopic (exact) mass is 553 g/mol. The van der Waals surface area contributed by atoms with Gasteiger partial charge in [-0.05, 0) is 42.9 Å². The summed E-state index contributed by atoms with van der Waals surface area (Å²) in [5, 5.41) is 26.6. The van der Waals surface area contributed by atoms with Gasteiger partial charge in [0.25, 0.3) is 0 Å². The number of hydrogen-bond acceptors (Lipinski definition) is 8. The van der Waals surface area contributed by atoms with Gasteiger partial charge in [-0.2, -0.15) is 12.6 Å². The number of carboxylic acids is 1. The van der Waals surface area contributed by atoms with Crippen molar-refractivity contribution >= 4 is 42.3 Å². The number of phenols is 1. The van der Waals surface area contributed by atoms with Gasteiger partial charge in [0.1, 0.15) is 23.9 Å². The van der Waals surface area contributed by atoms with Gasteiger partial charge in [-0.15, -0.1) is 0 Å². The minimum Gasteiger partial charge on any atom is -0.508 e. The van der Waals surface area contributed by atoms with E-state index in [9.17, 15) is 29.4 Å². The van der Waals surface area contributed by atoms with Gasteiger partial charge in [-0.1, -0.05) is 26.0 Å². The molecule has 0 saturated heterocycles. The highest BCUT2D eigenvalue weighted by Gasteiger charge is 2.30. The van der Waals surface area contributed by atoms with Crippen LogP contribution in [0, 0.1) is 5.92 Å². The summed E-state index contributed by atoms with van der Waals surface area (Å²) < 4.78 is 0. The number of guanidine groups is 1. The number of nitrogens with one attached hydrogen (secondary N) is 3. The van der Waals surface area contributed by atoms with Crippen molar-refractivity contribution in [1.29, 1.82) is 0 Å². The minimum atomic E-state index is -1.28. The summed E-state index contributed by atoms with van der Waals surface area (Å²) in [5.74, 6) is -3.31. The van der Waals surface area contributed by atoms with Crippen LogP contribution < -0.4 is 33.2 Å². The van der Waals surface area contributed by atoms with Gasteiger partial charge in [-0.25, -0.2) is 4.79 Å². The summed E-state index contributed by atoms with van der Waals surface area (Å²) in [6.07, 6.45) is 0.988. The predicted molar refractivity (Wildman–Crippen MR) is 146 cm³/mol. The number of aliphatic carboxylic acids is 1. The molecule has 0 aliphatic heterocycles. The number of aromatic hydroxyl groups is 1. The predicted octanol–water partition coefficient (Wildman–Crippen LogP) is -1.17. The van der Waals surface area contributed by atoms with Crippen LogP contribution in [0.2, 0.25) is 0 Å². The molecule has 1 aromatic carbocycles. The highest BCUT2D eigenvalue weighted by Crippen LogP contribution is 2.12. The van der Waals surface area contributed by atoms with Crippen LogP contribution >= 0.6 is 12.6 Å². The van der Waals surface area contributed by atoms with E-state index < -0.39 is 47.9 Å². The van der Waals surface area contributed by atoms with Gasteiger partial charge >= 0.3 is 5.97 Å². The molecule has 0 spiro atoms. The number of carbonyl (C=O) groups is 4. The van der Waals surface area contributed by atoms with Crippen LogP contribution in [0.15, 0.2) is 29.3 Å². The van der Waals surface area contributed by atoms with Crippen LogP contribution in [0.1, 0.15) is 38.7 Å².